The van der Waals surface area contributed by atoms with E-state index in [2.05, 4.69) is 20.9 Å². The number of benzene rings is 1. The van der Waals surface area contributed by atoms with Crippen LogP contribution in [0.25, 0.3) is 0 Å². The number of nitrogens with zero attached hydrogens (tertiary/aromatic N) is 4. The number of nitrogen functional groups attached to an aromatic ring is 1. The summed E-state index contributed by atoms with van der Waals surface area (Å²) >= 11 is 0. The van der Waals surface area contributed by atoms with Crippen molar-refractivity contribution in [3.05, 3.63) is 70.4 Å². The minimum absolute atomic E-state index is 0.0294. The minimum Gasteiger partial charge on any atom is -0.405 e. The van der Waals surface area contributed by atoms with Crippen molar-refractivity contribution in [3.63, 3.8) is 0 Å². The van der Waals surface area contributed by atoms with Crippen LogP contribution >= 0.6 is 0 Å². The standard InChI is InChI=1S/C22H26F2N6O2/c1-27-17(6-9-25)19-16-5-3-2-4-14(16)7-10-29(19)13-15-12-22(23,24)20(32-15)30-11-8-18(26)28-21(30)31/h2-6,8-9,11,15,19-20H,7,10,12-13,25H2,1H3,(H2,26,28,31)/b9-6-,27-17+/t15-,19?,20+/m0/s1. The van der Waals surface area contributed by atoms with Crippen LogP contribution in [0.5, 0.6) is 0 Å². The summed E-state index contributed by atoms with van der Waals surface area (Å²) < 4.78 is 36.2. The second-order valence-electron chi connectivity index (χ2n) is 7.97. The van der Waals surface area contributed by atoms with Crippen molar-refractivity contribution in [2.45, 2.75) is 37.1 Å². The van der Waals surface area contributed by atoms with Crippen LogP contribution in [0.4, 0.5) is 14.6 Å². The molecule has 0 saturated carbocycles. The van der Waals surface area contributed by atoms with Crippen molar-refractivity contribution in [2.24, 2.45) is 10.7 Å². The third kappa shape index (κ3) is 4.15. The van der Waals surface area contributed by atoms with Crippen molar-refractivity contribution >= 4 is 11.5 Å². The molecule has 4 N–H and O–H groups in total. The Bertz CT molecular complexity index is 1100. The van der Waals surface area contributed by atoms with Crippen LogP contribution in [0.15, 0.2) is 58.6 Å². The Hall–Kier alpha value is -3.11. The molecular weight excluding hydrogens is 418 g/mol. The largest absolute Gasteiger partial charge is 0.405 e. The van der Waals surface area contributed by atoms with E-state index in [9.17, 15) is 13.6 Å². The lowest BCUT2D eigenvalue weighted by Gasteiger charge is -2.38. The number of anilines is 1. The van der Waals surface area contributed by atoms with Gasteiger partial charge >= 0.3 is 5.69 Å². The molecule has 1 aromatic heterocycles. The van der Waals surface area contributed by atoms with Crippen molar-refractivity contribution in [3.8, 4) is 0 Å². The second kappa shape index (κ2) is 8.79. The summed E-state index contributed by atoms with van der Waals surface area (Å²) in [6.45, 7) is 0.901. The van der Waals surface area contributed by atoms with Gasteiger partial charge in [-0.1, -0.05) is 24.3 Å². The topological polar surface area (TPSA) is 112 Å². The molecule has 10 heteroatoms. The molecule has 1 unspecified atom stereocenters. The van der Waals surface area contributed by atoms with Gasteiger partial charge in [-0.25, -0.2) is 13.6 Å². The van der Waals surface area contributed by atoms with E-state index in [1.807, 2.05) is 18.2 Å². The van der Waals surface area contributed by atoms with Crippen LogP contribution in [-0.4, -0.2) is 52.3 Å². The third-order valence-corrected chi connectivity index (χ3v) is 5.91. The zero-order chi connectivity index (χ0) is 22.9. The van der Waals surface area contributed by atoms with Gasteiger partial charge in [0.05, 0.1) is 17.9 Å². The zero-order valence-corrected chi connectivity index (χ0v) is 17.7. The van der Waals surface area contributed by atoms with E-state index < -0.39 is 30.4 Å². The number of ether oxygens (including phenoxy) is 1. The summed E-state index contributed by atoms with van der Waals surface area (Å²) in [7, 11) is 1.68. The van der Waals surface area contributed by atoms with E-state index in [1.54, 1.807) is 13.1 Å². The number of halogens is 2. The first-order valence-electron chi connectivity index (χ1n) is 10.4. The fourth-order valence-electron chi connectivity index (χ4n) is 4.52. The molecule has 1 aromatic carbocycles. The van der Waals surface area contributed by atoms with Gasteiger partial charge in [-0.05, 0) is 35.9 Å². The van der Waals surface area contributed by atoms with E-state index in [4.69, 9.17) is 16.2 Å². The molecule has 2 aromatic rings. The molecule has 8 nitrogen and oxygen atoms in total. The first kappa shape index (κ1) is 22.1. The summed E-state index contributed by atoms with van der Waals surface area (Å²) in [5.41, 5.74) is 13.2. The molecule has 0 aliphatic carbocycles. The van der Waals surface area contributed by atoms with Gasteiger partial charge in [0.2, 0.25) is 6.23 Å². The SMILES string of the molecule is C/N=C(\C=C/N)C1c2ccccc2CCN1C[C@@H]1CC(F)(F)[C@H](n2ccc(N)nc2=O)O1. The predicted octanol–water partition coefficient (Wildman–Crippen LogP) is 1.89. The summed E-state index contributed by atoms with van der Waals surface area (Å²) in [5, 5.41) is 0. The van der Waals surface area contributed by atoms with Crippen LogP contribution in [-0.2, 0) is 11.2 Å². The molecule has 2 aliphatic rings. The first-order valence-corrected chi connectivity index (χ1v) is 10.4. The lowest BCUT2D eigenvalue weighted by molar-refractivity contribution is -0.119. The fourth-order valence-corrected chi connectivity index (χ4v) is 4.52. The number of rotatable bonds is 5. The van der Waals surface area contributed by atoms with Crippen LogP contribution in [0.1, 0.15) is 29.8 Å². The van der Waals surface area contributed by atoms with E-state index >= 15 is 0 Å². The molecule has 1 saturated heterocycles. The average molecular weight is 444 g/mol. The Morgan fingerprint density at radius 1 is 1.38 bits per heavy atom. The number of nitrogens with two attached hydrogens (primary N) is 2. The van der Waals surface area contributed by atoms with Gasteiger partial charge in [-0.3, -0.25) is 14.5 Å². The molecule has 170 valence electrons. The van der Waals surface area contributed by atoms with Crippen LogP contribution in [0.3, 0.4) is 0 Å². The van der Waals surface area contributed by atoms with E-state index in [1.165, 1.54) is 24.0 Å². The molecule has 32 heavy (non-hydrogen) atoms. The molecular formula is C22H26F2N6O2. The van der Waals surface area contributed by atoms with Crippen LogP contribution in [0.2, 0.25) is 0 Å². The normalized spacial score (nSPS) is 25.8. The molecule has 1 fully saturated rings. The molecule has 2 aliphatic heterocycles. The average Bonchev–Trinajstić information content (AvgIpc) is 3.05. The summed E-state index contributed by atoms with van der Waals surface area (Å²) in [6, 6.07) is 9.09. The maximum Gasteiger partial charge on any atom is 0.351 e. The summed E-state index contributed by atoms with van der Waals surface area (Å²) in [4.78, 5) is 22.1. The molecule has 4 rings (SSSR count). The Morgan fingerprint density at radius 3 is 2.88 bits per heavy atom. The Labute approximate surface area is 184 Å². The quantitative estimate of drug-likeness (QED) is 0.682. The number of aromatic nitrogens is 2. The zero-order valence-electron chi connectivity index (χ0n) is 17.7. The monoisotopic (exact) mass is 444 g/mol. The van der Waals surface area contributed by atoms with Crippen LogP contribution in [0, 0.1) is 0 Å². The van der Waals surface area contributed by atoms with Gasteiger partial charge in [-0.2, -0.15) is 4.98 Å². The Balaban J connectivity index is 1.61. The van der Waals surface area contributed by atoms with Crippen molar-refractivity contribution in [1.29, 1.82) is 0 Å². The molecule has 3 heterocycles. The Kier molecular flexibility index (Phi) is 6.07. The molecule has 0 bridgehead atoms. The van der Waals surface area contributed by atoms with Gasteiger partial charge in [0.1, 0.15) is 5.82 Å². The molecule has 0 spiro atoms. The maximum atomic E-state index is 14.8. The van der Waals surface area contributed by atoms with Gasteiger partial charge in [0.15, 0.2) is 0 Å². The fraction of sp³-hybridized carbons (Fsp3) is 0.409. The van der Waals surface area contributed by atoms with Gasteiger partial charge in [-0.15, -0.1) is 0 Å². The second-order valence-corrected chi connectivity index (χ2v) is 7.97. The lowest BCUT2D eigenvalue weighted by atomic mass is 9.89. The highest BCUT2D eigenvalue weighted by Crippen LogP contribution is 2.43. The number of alkyl halides is 2. The lowest BCUT2D eigenvalue weighted by Crippen LogP contribution is -2.43. The van der Waals surface area contributed by atoms with Crippen molar-refractivity contribution in [2.75, 3.05) is 25.9 Å². The van der Waals surface area contributed by atoms with Crippen molar-refractivity contribution < 1.29 is 13.5 Å². The summed E-state index contributed by atoms with van der Waals surface area (Å²) in [5.74, 6) is -3.26. The predicted molar refractivity (Wildman–Crippen MR) is 118 cm³/mol. The van der Waals surface area contributed by atoms with E-state index in [0.29, 0.717) is 6.54 Å². The molecule has 3 atom stereocenters. The number of aliphatic imine (C=N–C) groups is 1. The molecule has 0 radical (unpaired) electrons. The highest BCUT2D eigenvalue weighted by atomic mass is 19.3. The number of fused-ring (bicyclic) bond motifs is 1. The first-order chi connectivity index (χ1) is 15.3. The molecule has 0 amide bonds. The number of hydrogen-bond acceptors (Lipinski definition) is 7. The highest BCUT2D eigenvalue weighted by Gasteiger charge is 2.52. The van der Waals surface area contributed by atoms with E-state index in [0.717, 1.165) is 22.3 Å². The van der Waals surface area contributed by atoms with Crippen LogP contribution < -0.4 is 17.2 Å². The van der Waals surface area contributed by atoms with Gasteiger partial charge < -0.3 is 16.2 Å². The maximum absolute atomic E-state index is 14.8. The van der Waals surface area contributed by atoms with Gasteiger partial charge in [0.25, 0.3) is 5.92 Å². The number of hydrogen-bond donors (Lipinski definition) is 2. The van der Waals surface area contributed by atoms with Crippen molar-refractivity contribution in [1.82, 2.24) is 14.5 Å². The third-order valence-electron chi connectivity index (χ3n) is 5.91. The smallest absolute Gasteiger partial charge is 0.351 e. The minimum atomic E-state index is -3.23. The Morgan fingerprint density at radius 2 is 2.16 bits per heavy atom. The van der Waals surface area contributed by atoms with E-state index in [-0.39, 0.29) is 18.4 Å². The van der Waals surface area contributed by atoms with Gasteiger partial charge in [0, 0.05) is 32.8 Å². The summed E-state index contributed by atoms with van der Waals surface area (Å²) in [6.07, 6.45) is 2.11. The highest BCUT2D eigenvalue weighted by molar-refractivity contribution is 6.00.